The lowest BCUT2D eigenvalue weighted by molar-refractivity contribution is -0.0879. The fourth-order valence-corrected chi connectivity index (χ4v) is 3.36. The Labute approximate surface area is 137 Å². The van der Waals surface area contributed by atoms with Crippen LogP contribution in [0.1, 0.15) is 52.9 Å². The molecule has 21 heavy (non-hydrogen) atoms. The molecule has 0 aliphatic heterocycles. The Bertz CT molecular complexity index is 452. The van der Waals surface area contributed by atoms with Crippen molar-refractivity contribution >= 4 is 15.9 Å². The topological polar surface area (TPSA) is 47.3 Å². The van der Waals surface area contributed by atoms with Gasteiger partial charge in [-0.2, -0.15) is 5.10 Å². The molecule has 122 valence electrons. The summed E-state index contributed by atoms with van der Waals surface area (Å²) in [6.45, 7) is 13.8. The summed E-state index contributed by atoms with van der Waals surface area (Å²) in [6, 6.07) is 0. The third-order valence-electron chi connectivity index (χ3n) is 3.65. The molecule has 0 bridgehead atoms. The summed E-state index contributed by atoms with van der Waals surface area (Å²) in [4.78, 5) is 0. The van der Waals surface area contributed by atoms with Crippen LogP contribution < -0.4 is 0 Å². The third kappa shape index (κ3) is 4.54. The van der Waals surface area contributed by atoms with Crippen LogP contribution in [0, 0.1) is 5.41 Å². The van der Waals surface area contributed by atoms with Gasteiger partial charge in [0.2, 0.25) is 0 Å². The first-order valence-corrected chi connectivity index (χ1v) is 8.59. The first-order valence-electron chi connectivity index (χ1n) is 7.79. The summed E-state index contributed by atoms with van der Waals surface area (Å²) >= 11 is 3.63. The number of ether oxygens (including phenoxy) is 1. The second-order valence-corrected chi connectivity index (χ2v) is 7.18. The van der Waals surface area contributed by atoms with Crippen LogP contribution in [0.4, 0.5) is 0 Å². The van der Waals surface area contributed by atoms with Crippen molar-refractivity contribution in [3.63, 3.8) is 0 Å². The molecule has 2 atom stereocenters. The molecule has 0 aromatic carbocycles. The van der Waals surface area contributed by atoms with Crippen LogP contribution in [-0.2, 0) is 24.1 Å². The Balaban J connectivity index is 3.00. The second-order valence-electron chi connectivity index (χ2n) is 6.39. The van der Waals surface area contributed by atoms with Crippen molar-refractivity contribution in [2.24, 2.45) is 5.41 Å². The molecule has 2 unspecified atom stereocenters. The van der Waals surface area contributed by atoms with Crippen LogP contribution in [-0.4, -0.2) is 33.7 Å². The molecule has 0 amide bonds. The van der Waals surface area contributed by atoms with E-state index in [1.165, 1.54) is 0 Å². The van der Waals surface area contributed by atoms with Gasteiger partial charge < -0.3 is 9.84 Å². The molecule has 0 spiro atoms. The van der Waals surface area contributed by atoms with Gasteiger partial charge in [0.15, 0.2) is 0 Å². The number of halogens is 1. The maximum atomic E-state index is 10.7. The molecule has 0 radical (unpaired) electrons. The average Bonchev–Trinajstić information content (AvgIpc) is 2.71. The van der Waals surface area contributed by atoms with Crippen molar-refractivity contribution in [3.05, 3.63) is 15.9 Å². The Morgan fingerprint density at radius 1 is 1.29 bits per heavy atom. The van der Waals surface area contributed by atoms with Gasteiger partial charge in [-0.15, -0.1) is 0 Å². The normalized spacial score (nSPS) is 15.2. The number of aryl methyl sites for hydroxylation is 2. The quantitative estimate of drug-likeness (QED) is 0.808. The molecule has 1 heterocycles. The van der Waals surface area contributed by atoms with E-state index in [1.807, 2.05) is 11.6 Å². The number of hydrogen-bond donors (Lipinski definition) is 1. The van der Waals surface area contributed by atoms with Crippen LogP contribution in [0.25, 0.3) is 0 Å². The van der Waals surface area contributed by atoms with Crippen molar-refractivity contribution in [1.82, 2.24) is 9.78 Å². The monoisotopic (exact) mass is 360 g/mol. The van der Waals surface area contributed by atoms with Crippen LogP contribution >= 0.6 is 15.9 Å². The standard InChI is InChI=1S/C16H29BrN2O2/c1-7-11-14(17)12(19(8-2)18-11)10-13(20)15(21-9-3)16(4,5)6/h13,15,20H,7-10H2,1-6H3. The van der Waals surface area contributed by atoms with Gasteiger partial charge in [-0.1, -0.05) is 27.7 Å². The van der Waals surface area contributed by atoms with Gasteiger partial charge in [0.1, 0.15) is 0 Å². The van der Waals surface area contributed by atoms with Crippen LogP contribution in [0.2, 0.25) is 0 Å². The molecule has 0 aliphatic rings. The molecule has 1 N–H and O–H groups in total. The first kappa shape index (κ1) is 18.7. The van der Waals surface area contributed by atoms with E-state index in [9.17, 15) is 5.11 Å². The van der Waals surface area contributed by atoms with E-state index in [4.69, 9.17) is 4.74 Å². The largest absolute Gasteiger partial charge is 0.390 e. The maximum absolute atomic E-state index is 10.7. The summed E-state index contributed by atoms with van der Waals surface area (Å²) in [5.74, 6) is 0. The van der Waals surface area contributed by atoms with Gasteiger partial charge in [-0.3, -0.25) is 4.68 Å². The number of aromatic nitrogens is 2. The molecule has 4 nitrogen and oxygen atoms in total. The van der Waals surface area contributed by atoms with E-state index in [2.05, 4.69) is 55.6 Å². The Hall–Kier alpha value is -0.390. The number of aliphatic hydroxyl groups excluding tert-OH is 1. The van der Waals surface area contributed by atoms with Crippen LogP contribution in [0.15, 0.2) is 4.47 Å². The molecular weight excluding hydrogens is 332 g/mol. The van der Waals surface area contributed by atoms with Crippen LogP contribution in [0.5, 0.6) is 0 Å². The molecule has 1 rings (SSSR count). The SMILES string of the molecule is CCOC(C(O)Cc1c(Br)c(CC)nn1CC)C(C)(C)C. The first-order chi connectivity index (χ1) is 9.76. The lowest BCUT2D eigenvalue weighted by Gasteiger charge is -2.34. The highest BCUT2D eigenvalue weighted by molar-refractivity contribution is 9.10. The van der Waals surface area contributed by atoms with Crippen molar-refractivity contribution in [2.75, 3.05) is 6.61 Å². The number of aliphatic hydroxyl groups is 1. The smallest absolute Gasteiger partial charge is 0.0885 e. The van der Waals surface area contributed by atoms with E-state index in [1.54, 1.807) is 0 Å². The number of nitrogens with zero attached hydrogens (tertiary/aromatic N) is 2. The van der Waals surface area contributed by atoms with Gasteiger partial charge >= 0.3 is 0 Å². The number of hydrogen-bond acceptors (Lipinski definition) is 3. The summed E-state index contributed by atoms with van der Waals surface area (Å²) < 4.78 is 8.79. The minimum absolute atomic E-state index is 0.105. The number of rotatable bonds is 7. The predicted octanol–water partition coefficient (Wildman–Crippen LogP) is 3.58. The molecule has 5 heteroatoms. The highest BCUT2D eigenvalue weighted by atomic mass is 79.9. The molecule has 0 aliphatic carbocycles. The predicted molar refractivity (Wildman–Crippen MR) is 89.6 cm³/mol. The zero-order valence-corrected chi connectivity index (χ0v) is 15.7. The van der Waals surface area contributed by atoms with Gasteiger partial charge in [-0.05, 0) is 41.6 Å². The summed E-state index contributed by atoms with van der Waals surface area (Å²) in [5.41, 5.74) is 1.99. The zero-order chi connectivity index (χ0) is 16.2. The summed E-state index contributed by atoms with van der Waals surface area (Å²) in [6.07, 6.45) is 0.682. The van der Waals surface area contributed by atoms with E-state index < -0.39 is 6.10 Å². The Morgan fingerprint density at radius 2 is 1.90 bits per heavy atom. The average molecular weight is 361 g/mol. The van der Waals surface area contributed by atoms with Gasteiger partial charge in [0, 0.05) is 19.6 Å². The summed E-state index contributed by atoms with van der Waals surface area (Å²) in [5, 5.41) is 15.3. The van der Waals surface area contributed by atoms with Crippen molar-refractivity contribution in [2.45, 2.75) is 73.1 Å². The fraction of sp³-hybridized carbons (Fsp3) is 0.812. The van der Waals surface area contributed by atoms with Crippen molar-refractivity contribution < 1.29 is 9.84 Å². The molecule has 1 aromatic rings. The van der Waals surface area contributed by atoms with E-state index in [0.717, 1.165) is 28.8 Å². The van der Waals surface area contributed by atoms with Gasteiger partial charge in [-0.25, -0.2) is 0 Å². The second kappa shape index (κ2) is 7.75. The fourth-order valence-electron chi connectivity index (χ4n) is 2.64. The molecular formula is C16H29BrN2O2. The lowest BCUT2D eigenvalue weighted by atomic mass is 9.84. The zero-order valence-electron chi connectivity index (χ0n) is 14.1. The highest BCUT2D eigenvalue weighted by Crippen LogP contribution is 2.29. The lowest BCUT2D eigenvalue weighted by Crippen LogP contribution is -2.41. The van der Waals surface area contributed by atoms with Crippen LogP contribution in [0.3, 0.4) is 0 Å². The van der Waals surface area contributed by atoms with E-state index in [0.29, 0.717) is 13.0 Å². The van der Waals surface area contributed by atoms with E-state index >= 15 is 0 Å². The maximum Gasteiger partial charge on any atom is 0.0885 e. The molecule has 1 aromatic heterocycles. The molecule has 0 fully saturated rings. The highest BCUT2D eigenvalue weighted by Gasteiger charge is 2.33. The van der Waals surface area contributed by atoms with E-state index in [-0.39, 0.29) is 11.5 Å². The minimum atomic E-state index is -0.548. The molecule has 0 saturated carbocycles. The Morgan fingerprint density at radius 3 is 2.33 bits per heavy atom. The van der Waals surface area contributed by atoms with Gasteiger partial charge in [0.25, 0.3) is 0 Å². The summed E-state index contributed by atoms with van der Waals surface area (Å²) in [7, 11) is 0. The Kier molecular flexibility index (Phi) is 6.88. The van der Waals surface area contributed by atoms with Gasteiger partial charge in [0.05, 0.1) is 28.1 Å². The van der Waals surface area contributed by atoms with Crippen molar-refractivity contribution in [1.29, 1.82) is 0 Å². The van der Waals surface area contributed by atoms with Crippen molar-refractivity contribution in [3.8, 4) is 0 Å². The third-order valence-corrected chi connectivity index (χ3v) is 4.56. The minimum Gasteiger partial charge on any atom is -0.390 e. The molecule has 0 saturated heterocycles.